The summed E-state index contributed by atoms with van der Waals surface area (Å²) in [6.07, 6.45) is -0.757. The van der Waals surface area contributed by atoms with E-state index in [1.807, 2.05) is 13.8 Å². The molecule has 0 unspecified atom stereocenters. The van der Waals surface area contributed by atoms with Gasteiger partial charge in [-0.1, -0.05) is 20.4 Å². The second-order valence-electron chi connectivity index (χ2n) is 7.83. The van der Waals surface area contributed by atoms with Crippen molar-refractivity contribution in [2.45, 2.75) is 39.3 Å². The topological polar surface area (TPSA) is 79.3 Å². The zero-order valence-corrected chi connectivity index (χ0v) is 19.2. The molecule has 0 bridgehead atoms. The summed E-state index contributed by atoms with van der Waals surface area (Å²) in [7, 11) is 2.84. The first-order valence-corrected chi connectivity index (χ1v) is 9.89. The van der Waals surface area contributed by atoms with Gasteiger partial charge in [0.05, 0.1) is 18.7 Å². The minimum absolute atomic E-state index is 0.0618. The average molecular weight is 443 g/mol. The molecule has 0 fully saturated rings. The van der Waals surface area contributed by atoms with E-state index in [0.717, 1.165) is 4.90 Å². The molecule has 1 atom stereocenters. The SMILES string of the molecule is C=C(S)N(C[C@H](OCC(C)C)c1cc(F)ccc1OC)C(=O)N(C)C(C)(C)C(=O)O. The van der Waals surface area contributed by atoms with Crippen LogP contribution in [0.3, 0.4) is 0 Å². The lowest BCUT2D eigenvalue weighted by molar-refractivity contribution is -0.147. The van der Waals surface area contributed by atoms with Gasteiger partial charge in [0.1, 0.15) is 23.2 Å². The van der Waals surface area contributed by atoms with Gasteiger partial charge in [-0.2, -0.15) is 0 Å². The van der Waals surface area contributed by atoms with Gasteiger partial charge in [-0.05, 0) is 38.0 Å². The predicted octanol–water partition coefficient (Wildman–Crippen LogP) is 4.17. The summed E-state index contributed by atoms with van der Waals surface area (Å²) in [4.78, 5) is 26.9. The fourth-order valence-corrected chi connectivity index (χ4v) is 2.70. The third-order valence-electron chi connectivity index (χ3n) is 4.71. The van der Waals surface area contributed by atoms with Crippen LogP contribution in [0.15, 0.2) is 29.8 Å². The van der Waals surface area contributed by atoms with E-state index >= 15 is 0 Å². The quantitative estimate of drug-likeness (QED) is 0.532. The Morgan fingerprint density at radius 3 is 2.40 bits per heavy atom. The summed E-state index contributed by atoms with van der Waals surface area (Å²) < 4.78 is 25.3. The van der Waals surface area contributed by atoms with Crippen molar-refractivity contribution in [1.29, 1.82) is 0 Å². The van der Waals surface area contributed by atoms with E-state index < -0.39 is 29.5 Å². The normalized spacial score (nSPS) is 12.4. The fourth-order valence-electron chi connectivity index (χ4n) is 2.53. The lowest BCUT2D eigenvalue weighted by Gasteiger charge is -2.37. The maximum atomic E-state index is 14.0. The molecule has 2 amide bonds. The number of rotatable bonds is 10. The Bertz CT molecular complexity index is 785. The van der Waals surface area contributed by atoms with Crippen molar-refractivity contribution in [3.63, 3.8) is 0 Å². The Labute approximate surface area is 182 Å². The molecule has 1 aromatic rings. The van der Waals surface area contributed by atoms with Crippen molar-refractivity contribution in [2.24, 2.45) is 5.92 Å². The summed E-state index contributed by atoms with van der Waals surface area (Å²) in [6, 6.07) is 3.41. The number of benzene rings is 1. The molecule has 0 aliphatic rings. The molecule has 0 saturated carbocycles. The molecule has 0 heterocycles. The molecule has 1 aromatic carbocycles. The molecule has 0 spiro atoms. The number of carbonyl (C=O) groups is 2. The Hall–Kier alpha value is -2.26. The first kappa shape index (κ1) is 25.8. The van der Waals surface area contributed by atoms with E-state index in [0.29, 0.717) is 17.9 Å². The van der Waals surface area contributed by atoms with Gasteiger partial charge >= 0.3 is 12.0 Å². The molecule has 0 saturated heterocycles. The highest BCUT2D eigenvalue weighted by atomic mass is 32.1. The number of ether oxygens (including phenoxy) is 2. The van der Waals surface area contributed by atoms with Gasteiger partial charge in [-0.3, -0.25) is 4.90 Å². The monoisotopic (exact) mass is 442 g/mol. The number of nitrogens with zero attached hydrogens (tertiary/aromatic N) is 2. The highest BCUT2D eigenvalue weighted by Crippen LogP contribution is 2.31. The highest BCUT2D eigenvalue weighted by Gasteiger charge is 2.38. The zero-order valence-electron chi connectivity index (χ0n) is 18.3. The van der Waals surface area contributed by atoms with E-state index in [-0.39, 0.29) is 17.5 Å². The van der Waals surface area contributed by atoms with Crippen LogP contribution in [0.2, 0.25) is 0 Å². The van der Waals surface area contributed by atoms with Crippen LogP contribution in [-0.4, -0.2) is 59.8 Å². The van der Waals surface area contributed by atoms with E-state index in [1.54, 1.807) is 0 Å². The molecule has 9 heteroatoms. The summed E-state index contributed by atoms with van der Waals surface area (Å²) >= 11 is 4.22. The molecule has 0 radical (unpaired) electrons. The molecule has 1 N–H and O–H groups in total. The molecule has 0 aliphatic heterocycles. The molecular weight excluding hydrogens is 411 g/mol. The van der Waals surface area contributed by atoms with Crippen LogP contribution >= 0.6 is 12.6 Å². The molecule has 1 rings (SSSR count). The van der Waals surface area contributed by atoms with Gasteiger partial charge < -0.3 is 19.5 Å². The van der Waals surface area contributed by atoms with Gasteiger partial charge in [0.25, 0.3) is 0 Å². The molecule has 0 aliphatic carbocycles. The minimum atomic E-state index is -1.47. The number of aliphatic carboxylic acids is 1. The fraction of sp³-hybridized carbons (Fsp3) is 0.524. The summed E-state index contributed by atoms with van der Waals surface area (Å²) in [6.45, 7) is 10.8. The maximum absolute atomic E-state index is 14.0. The number of methoxy groups -OCH3 is 1. The van der Waals surface area contributed by atoms with Crippen LogP contribution in [0.5, 0.6) is 5.75 Å². The van der Waals surface area contributed by atoms with Crippen molar-refractivity contribution in [3.8, 4) is 5.75 Å². The van der Waals surface area contributed by atoms with Gasteiger partial charge in [0.2, 0.25) is 0 Å². The molecule has 7 nitrogen and oxygen atoms in total. The number of thiol groups is 1. The smallest absolute Gasteiger partial charge is 0.329 e. The van der Waals surface area contributed by atoms with E-state index in [4.69, 9.17) is 9.47 Å². The number of urea groups is 1. The number of carboxylic acids is 1. The van der Waals surface area contributed by atoms with E-state index in [9.17, 15) is 19.1 Å². The number of carboxylic acid groups (broad SMARTS) is 1. The Kier molecular flexibility index (Phi) is 9.17. The van der Waals surface area contributed by atoms with Crippen LogP contribution in [0.1, 0.15) is 39.4 Å². The lowest BCUT2D eigenvalue weighted by atomic mass is 10.0. The molecule has 0 aromatic heterocycles. The molecular formula is C21H31FN2O5S. The highest BCUT2D eigenvalue weighted by molar-refractivity contribution is 7.84. The lowest BCUT2D eigenvalue weighted by Crippen LogP contribution is -2.55. The average Bonchev–Trinajstić information content (AvgIpc) is 2.66. The van der Waals surface area contributed by atoms with Crippen molar-refractivity contribution < 1.29 is 28.6 Å². The van der Waals surface area contributed by atoms with Gasteiger partial charge in [-0.25, -0.2) is 14.0 Å². The van der Waals surface area contributed by atoms with Gasteiger partial charge in [0.15, 0.2) is 0 Å². The standard InChI is InChI=1S/C21H31FN2O5S/c1-13(2)12-29-18(16-10-15(22)8-9-17(16)28-7)11-24(14(3)30)20(27)23(6)21(4,5)19(25)26/h8-10,13,18,30H,3,11-12H2,1-2,4-7H3,(H,25,26)/t18-/m0/s1. The number of amides is 2. The predicted molar refractivity (Wildman–Crippen MR) is 116 cm³/mol. The van der Waals surface area contributed by atoms with Crippen LogP contribution in [0, 0.1) is 11.7 Å². The summed E-state index contributed by atoms with van der Waals surface area (Å²) in [5, 5.41) is 9.55. The third kappa shape index (κ3) is 6.37. The first-order chi connectivity index (χ1) is 13.8. The number of hydrogen-bond acceptors (Lipinski definition) is 5. The zero-order chi connectivity index (χ0) is 23.2. The Morgan fingerprint density at radius 2 is 1.93 bits per heavy atom. The second kappa shape index (κ2) is 10.7. The van der Waals surface area contributed by atoms with Crippen LogP contribution < -0.4 is 4.74 Å². The summed E-state index contributed by atoms with van der Waals surface area (Å²) in [5.74, 6) is -1.05. The van der Waals surface area contributed by atoms with Gasteiger partial charge in [0, 0.05) is 19.2 Å². The Morgan fingerprint density at radius 1 is 1.33 bits per heavy atom. The minimum Gasteiger partial charge on any atom is -0.496 e. The van der Waals surface area contributed by atoms with Crippen molar-refractivity contribution >= 4 is 24.6 Å². The second-order valence-corrected chi connectivity index (χ2v) is 8.35. The number of likely N-dealkylation sites (N-methyl/N-ethyl adjacent to an activating group) is 1. The summed E-state index contributed by atoms with van der Waals surface area (Å²) in [5.41, 5.74) is -1.05. The Balaban J connectivity index is 3.33. The van der Waals surface area contributed by atoms with E-state index in [1.165, 1.54) is 51.1 Å². The van der Waals surface area contributed by atoms with Gasteiger partial charge in [-0.15, -0.1) is 12.6 Å². The van der Waals surface area contributed by atoms with Crippen LogP contribution in [0.4, 0.5) is 9.18 Å². The largest absolute Gasteiger partial charge is 0.496 e. The van der Waals surface area contributed by atoms with Crippen LogP contribution in [-0.2, 0) is 9.53 Å². The van der Waals surface area contributed by atoms with E-state index in [2.05, 4.69) is 19.2 Å². The van der Waals surface area contributed by atoms with Crippen LogP contribution in [0.25, 0.3) is 0 Å². The third-order valence-corrected chi connectivity index (χ3v) is 4.95. The maximum Gasteiger partial charge on any atom is 0.329 e. The number of hydrogen-bond donors (Lipinski definition) is 2. The van der Waals surface area contributed by atoms with Crippen molar-refractivity contribution in [3.05, 3.63) is 41.2 Å². The molecule has 30 heavy (non-hydrogen) atoms. The number of halogens is 1. The molecule has 168 valence electrons. The number of carbonyl (C=O) groups excluding carboxylic acids is 1. The van der Waals surface area contributed by atoms with Crippen molar-refractivity contribution in [2.75, 3.05) is 27.3 Å². The van der Waals surface area contributed by atoms with Crippen molar-refractivity contribution in [1.82, 2.24) is 9.80 Å². The first-order valence-electron chi connectivity index (χ1n) is 9.44.